The van der Waals surface area contributed by atoms with Crippen molar-refractivity contribution in [2.24, 2.45) is 0 Å². The molecule has 0 fully saturated rings. The zero-order valence-electron chi connectivity index (χ0n) is 11.1. The molecule has 0 aliphatic carbocycles. The predicted molar refractivity (Wildman–Crippen MR) is 73.9 cm³/mol. The summed E-state index contributed by atoms with van der Waals surface area (Å²) < 4.78 is 10.7. The van der Waals surface area contributed by atoms with Crippen LogP contribution in [0.4, 0.5) is 0 Å². The largest absolute Gasteiger partial charge is 0.493 e. The summed E-state index contributed by atoms with van der Waals surface area (Å²) in [7, 11) is 1.57. The SMILES string of the molecule is COc1c[c]ccc1OCCNC(=O)c1ccncc1. The normalized spacial score (nSPS) is 9.85. The minimum atomic E-state index is -0.149. The van der Waals surface area contributed by atoms with Gasteiger partial charge >= 0.3 is 0 Å². The van der Waals surface area contributed by atoms with Gasteiger partial charge in [-0.05, 0) is 30.3 Å². The highest BCUT2D eigenvalue weighted by molar-refractivity contribution is 5.93. The maximum absolute atomic E-state index is 11.8. The first kappa shape index (κ1) is 13.9. The molecule has 1 aromatic carbocycles. The van der Waals surface area contributed by atoms with Gasteiger partial charge in [0, 0.05) is 18.0 Å². The van der Waals surface area contributed by atoms with Crippen molar-refractivity contribution in [2.45, 2.75) is 0 Å². The second-order valence-electron chi connectivity index (χ2n) is 3.92. The third-order valence-electron chi connectivity index (χ3n) is 2.60. The number of pyridine rings is 1. The van der Waals surface area contributed by atoms with Crippen LogP contribution in [0.25, 0.3) is 0 Å². The van der Waals surface area contributed by atoms with Crippen LogP contribution < -0.4 is 14.8 Å². The molecular formula is C15H15N2O3. The van der Waals surface area contributed by atoms with Gasteiger partial charge in [0.1, 0.15) is 6.61 Å². The van der Waals surface area contributed by atoms with Crippen LogP contribution in [0.15, 0.2) is 42.7 Å². The highest BCUT2D eigenvalue weighted by Crippen LogP contribution is 2.25. The maximum Gasteiger partial charge on any atom is 0.251 e. The van der Waals surface area contributed by atoms with Crippen LogP contribution in [0.3, 0.4) is 0 Å². The Morgan fingerprint density at radius 2 is 2.10 bits per heavy atom. The van der Waals surface area contributed by atoms with E-state index in [9.17, 15) is 4.79 Å². The van der Waals surface area contributed by atoms with E-state index in [-0.39, 0.29) is 5.91 Å². The van der Waals surface area contributed by atoms with Crippen molar-refractivity contribution in [2.75, 3.05) is 20.3 Å². The van der Waals surface area contributed by atoms with E-state index < -0.39 is 0 Å². The molecule has 1 amide bonds. The molecule has 2 rings (SSSR count). The second kappa shape index (κ2) is 7.13. The summed E-state index contributed by atoms with van der Waals surface area (Å²) in [5.41, 5.74) is 0.576. The molecule has 2 aromatic rings. The minimum absolute atomic E-state index is 0.149. The minimum Gasteiger partial charge on any atom is -0.493 e. The van der Waals surface area contributed by atoms with Crippen LogP contribution >= 0.6 is 0 Å². The molecule has 0 aliphatic heterocycles. The fourth-order valence-electron chi connectivity index (χ4n) is 1.61. The molecule has 0 aliphatic rings. The highest BCUT2D eigenvalue weighted by Gasteiger charge is 2.05. The fraction of sp³-hybridized carbons (Fsp3) is 0.200. The molecular weight excluding hydrogens is 256 g/mol. The Kier molecular flexibility index (Phi) is 4.94. The van der Waals surface area contributed by atoms with E-state index in [0.29, 0.717) is 30.2 Å². The topological polar surface area (TPSA) is 60.5 Å². The molecule has 5 nitrogen and oxygen atoms in total. The van der Waals surface area contributed by atoms with Gasteiger partial charge in [-0.25, -0.2) is 0 Å². The summed E-state index contributed by atoms with van der Waals surface area (Å²) in [6, 6.07) is 11.4. The summed E-state index contributed by atoms with van der Waals surface area (Å²) in [6.45, 7) is 0.764. The van der Waals surface area contributed by atoms with E-state index in [1.807, 2.05) is 0 Å². The molecule has 0 spiro atoms. The Morgan fingerprint density at radius 1 is 1.30 bits per heavy atom. The lowest BCUT2D eigenvalue weighted by atomic mass is 10.2. The molecule has 20 heavy (non-hydrogen) atoms. The van der Waals surface area contributed by atoms with Crippen LogP contribution in [0.5, 0.6) is 11.5 Å². The number of methoxy groups -OCH3 is 1. The molecule has 0 saturated heterocycles. The van der Waals surface area contributed by atoms with E-state index in [4.69, 9.17) is 9.47 Å². The maximum atomic E-state index is 11.8. The highest BCUT2D eigenvalue weighted by atomic mass is 16.5. The van der Waals surface area contributed by atoms with Crippen molar-refractivity contribution in [1.82, 2.24) is 10.3 Å². The molecule has 1 heterocycles. The molecule has 1 aromatic heterocycles. The lowest BCUT2D eigenvalue weighted by molar-refractivity contribution is 0.0946. The van der Waals surface area contributed by atoms with E-state index in [2.05, 4.69) is 16.4 Å². The number of rotatable bonds is 6. The monoisotopic (exact) mass is 271 g/mol. The molecule has 0 bridgehead atoms. The van der Waals surface area contributed by atoms with E-state index in [1.54, 1.807) is 49.8 Å². The quantitative estimate of drug-likeness (QED) is 0.812. The average Bonchev–Trinajstić information content (AvgIpc) is 2.52. The number of benzene rings is 1. The lowest BCUT2D eigenvalue weighted by Gasteiger charge is -2.10. The van der Waals surface area contributed by atoms with E-state index in [1.165, 1.54) is 0 Å². The molecule has 0 atom stereocenters. The number of carbonyl (C=O) groups is 1. The van der Waals surface area contributed by atoms with Crippen LogP contribution in [0, 0.1) is 6.07 Å². The van der Waals surface area contributed by atoms with Crippen molar-refractivity contribution in [1.29, 1.82) is 0 Å². The lowest BCUT2D eigenvalue weighted by Crippen LogP contribution is -2.28. The van der Waals surface area contributed by atoms with Crippen molar-refractivity contribution in [3.05, 3.63) is 54.4 Å². The molecule has 1 radical (unpaired) electrons. The summed E-state index contributed by atoms with van der Waals surface area (Å²) >= 11 is 0. The summed E-state index contributed by atoms with van der Waals surface area (Å²) in [6.07, 6.45) is 3.16. The Morgan fingerprint density at radius 3 is 2.85 bits per heavy atom. The van der Waals surface area contributed by atoms with Gasteiger partial charge < -0.3 is 14.8 Å². The summed E-state index contributed by atoms with van der Waals surface area (Å²) in [4.78, 5) is 15.6. The van der Waals surface area contributed by atoms with Crippen LogP contribution in [-0.2, 0) is 0 Å². The number of hydrogen-bond donors (Lipinski definition) is 1. The number of ether oxygens (including phenoxy) is 2. The molecule has 0 saturated carbocycles. The number of aromatic nitrogens is 1. The van der Waals surface area contributed by atoms with Gasteiger partial charge in [0.2, 0.25) is 0 Å². The van der Waals surface area contributed by atoms with Crippen molar-refractivity contribution >= 4 is 5.91 Å². The van der Waals surface area contributed by atoms with Gasteiger partial charge in [0.15, 0.2) is 11.5 Å². The number of carbonyl (C=O) groups excluding carboxylic acids is 1. The third-order valence-corrected chi connectivity index (χ3v) is 2.60. The van der Waals surface area contributed by atoms with Crippen molar-refractivity contribution in [3.8, 4) is 11.5 Å². The Bertz CT molecular complexity index is 558. The molecule has 5 heteroatoms. The number of hydrogen-bond acceptors (Lipinski definition) is 4. The first-order chi connectivity index (χ1) is 9.81. The van der Waals surface area contributed by atoms with Gasteiger partial charge in [-0.1, -0.05) is 6.07 Å². The molecule has 103 valence electrons. The third kappa shape index (κ3) is 3.71. The van der Waals surface area contributed by atoms with Crippen LogP contribution in [0.1, 0.15) is 10.4 Å². The van der Waals surface area contributed by atoms with Crippen LogP contribution in [0.2, 0.25) is 0 Å². The number of nitrogens with one attached hydrogen (secondary N) is 1. The Hall–Kier alpha value is -2.56. The smallest absolute Gasteiger partial charge is 0.251 e. The van der Waals surface area contributed by atoms with Gasteiger partial charge in [-0.2, -0.15) is 0 Å². The zero-order valence-corrected chi connectivity index (χ0v) is 11.1. The Balaban J connectivity index is 1.78. The standard InChI is InChI=1S/C15H15N2O3/c1-19-13-4-2-3-5-14(13)20-11-10-17-15(18)12-6-8-16-9-7-12/h3-9H,10-11H2,1H3,(H,17,18). The van der Waals surface area contributed by atoms with Crippen molar-refractivity contribution < 1.29 is 14.3 Å². The average molecular weight is 271 g/mol. The van der Waals surface area contributed by atoms with Gasteiger partial charge in [0.25, 0.3) is 5.91 Å². The number of nitrogens with zero attached hydrogens (tertiary/aromatic N) is 1. The van der Waals surface area contributed by atoms with E-state index in [0.717, 1.165) is 0 Å². The van der Waals surface area contributed by atoms with Gasteiger partial charge in [-0.15, -0.1) is 0 Å². The zero-order chi connectivity index (χ0) is 14.2. The van der Waals surface area contributed by atoms with Gasteiger partial charge in [0.05, 0.1) is 13.7 Å². The summed E-state index contributed by atoms with van der Waals surface area (Å²) in [5.74, 6) is 1.10. The first-order valence-electron chi connectivity index (χ1n) is 6.16. The fourth-order valence-corrected chi connectivity index (χ4v) is 1.61. The van der Waals surface area contributed by atoms with E-state index >= 15 is 0 Å². The second-order valence-corrected chi connectivity index (χ2v) is 3.92. The number of amides is 1. The Labute approximate surface area is 117 Å². The van der Waals surface area contributed by atoms with Crippen LogP contribution in [-0.4, -0.2) is 31.2 Å². The molecule has 0 unspecified atom stereocenters. The van der Waals surface area contributed by atoms with Crippen molar-refractivity contribution in [3.63, 3.8) is 0 Å². The molecule has 1 N–H and O–H groups in total. The van der Waals surface area contributed by atoms with Gasteiger partial charge in [-0.3, -0.25) is 9.78 Å². The predicted octanol–water partition coefficient (Wildman–Crippen LogP) is 1.70. The first-order valence-corrected chi connectivity index (χ1v) is 6.16. The summed E-state index contributed by atoms with van der Waals surface area (Å²) in [5, 5.41) is 2.77.